The first kappa shape index (κ1) is 25.0. The second-order valence-corrected chi connectivity index (χ2v) is 9.67. The number of pyridine rings is 1. The van der Waals surface area contributed by atoms with Gasteiger partial charge in [-0.1, -0.05) is 30.3 Å². The SMILES string of the molecule is COC(=O)Oc1c2n(ccc1=O)N(C1c3ccccc3-c3occc3-c3c1ccc(F)c3F)C1COCCN1C2=O. The highest BCUT2D eigenvalue weighted by molar-refractivity contribution is 5.97. The van der Waals surface area contributed by atoms with E-state index in [-0.39, 0.29) is 31.0 Å². The molecule has 4 aromatic rings. The zero-order valence-corrected chi connectivity index (χ0v) is 21.5. The fraction of sp³-hybridized carbons (Fsp3) is 0.207. The number of ether oxygens (including phenoxy) is 3. The summed E-state index contributed by atoms with van der Waals surface area (Å²) in [6, 6.07) is 11.7. The Kier molecular flexibility index (Phi) is 5.68. The van der Waals surface area contributed by atoms with E-state index in [4.69, 9.17) is 13.9 Å². The van der Waals surface area contributed by atoms with Crippen molar-refractivity contribution < 1.29 is 37.0 Å². The Morgan fingerprint density at radius 2 is 1.85 bits per heavy atom. The Bertz CT molecular complexity index is 1800. The lowest BCUT2D eigenvalue weighted by Crippen LogP contribution is -2.66. The number of nitrogens with zero attached hydrogens (tertiary/aromatic N) is 3. The highest BCUT2D eigenvalue weighted by Gasteiger charge is 2.47. The first-order valence-electron chi connectivity index (χ1n) is 12.7. The van der Waals surface area contributed by atoms with E-state index in [1.54, 1.807) is 17.1 Å². The van der Waals surface area contributed by atoms with Crippen LogP contribution in [-0.2, 0) is 9.47 Å². The van der Waals surface area contributed by atoms with Gasteiger partial charge in [0.15, 0.2) is 17.3 Å². The number of rotatable bonds is 2. The molecule has 2 aliphatic heterocycles. The molecule has 41 heavy (non-hydrogen) atoms. The Balaban J connectivity index is 1.56. The standard InChI is InChI=1S/C29H21F2N3O7/c1-38-29(37)41-27-20(35)8-10-33-25(27)28(36)32-11-13-39-14-21(32)34(33)24-15-4-2-3-5-16(15)26-18(9-12-40-26)22-17(24)6-7-19(30)23(22)31/h2-10,12,21,24H,11,13-14H2,1H3. The third kappa shape index (κ3) is 3.60. The Morgan fingerprint density at radius 3 is 2.68 bits per heavy atom. The molecular weight excluding hydrogens is 540 g/mol. The molecule has 10 nitrogen and oxygen atoms in total. The summed E-state index contributed by atoms with van der Waals surface area (Å²) in [6.45, 7) is 0.471. The summed E-state index contributed by atoms with van der Waals surface area (Å²) >= 11 is 0. The maximum absolute atomic E-state index is 15.7. The maximum Gasteiger partial charge on any atom is 0.513 e. The van der Waals surface area contributed by atoms with Gasteiger partial charge < -0.3 is 23.5 Å². The molecule has 1 aliphatic carbocycles. The number of hydrogen-bond acceptors (Lipinski definition) is 8. The third-order valence-corrected chi connectivity index (χ3v) is 7.63. The van der Waals surface area contributed by atoms with Gasteiger partial charge in [0.25, 0.3) is 5.91 Å². The number of morpholine rings is 1. The minimum Gasteiger partial charge on any atom is -0.464 e. The van der Waals surface area contributed by atoms with Crippen molar-refractivity contribution in [3.05, 3.63) is 99.7 Å². The molecule has 12 heteroatoms. The van der Waals surface area contributed by atoms with Crippen LogP contribution in [-0.4, -0.2) is 54.7 Å². The van der Waals surface area contributed by atoms with E-state index in [1.165, 1.54) is 28.1 Å². The lowest BCUT2D eigenvalue weighted by atomic mass is 9.92. The van der Waals surface area contributed by atoms with Crippen LogP contribution in [0.3, 0.4) is 0 Å². The highest BCUT2D eigenvalue weighted by Crippen LogP contribution is 2.49. The van der Waals surface area contributed by atoms with E-state index >= 15 is 4.39 Å². The van der Waals surface area contributed by atoms with Crippen molar-refractivity contribution in [1.29, 1.82) is 0 Å². The number of halogens is 2. The van der Waals surface area contributed by atoms with Crippen molar-refractivity contribution in [2.24, 2.45) is 0 Å². The van der Waals surface area contributed by atoms with Crippen LogP contribution < -0.4 is 15.2 Å². The zero-order chi connectivity index (χ0) is 28.4. The molecule has 2 unspecified atom stereocenters. The fourth-order valence-corrected chi connectivity index (χ4v) is 5.92. The lowest BCUT2D eigenvalue weighted by molar-refractivity contribution is -0.0197. The Labute approximate surface area is 230 Å². The maximum atomic E-state index is 15.7. The molecule has 2 aromatic heterocycles. The normalized spacial score (nSPS) is 18.9. The van der Waals surface area contributed by atoms with E-state index in [0.717, 1.165) is 19.2 Å². The average Bonchev–Trinajstić information content (AvgIpc) is 3.43. The van der Waals surface area contributed by atoms with E-state index in [1.807, 2.05) is 18.2 Å². The number of methoxy groups -OCH3 is 1. The van der Waals surface area contributed by atoms with Crippen LogP contribution in [0.2, 0.25) is 0 Å². The van der Waals surface area contributed by atoms with E-state index in [0.29, 0.717) is 28.0 Å². The molecule has 3 aliphatic rings. The predicted molar refractivity (Wildman–Crippen MR) is 139 cm³/mol. The smallest absolute Gasteiger partial charge is 0.464 e. The van der Waals surface area contributed by atoms with Gasteiger partial charge in [-0.2, -0.15) is 0 Å². The summed E-state index contributed by atoms with van der Waals surface area (Å²) < 4.78 is 53.3. The molecule has 0 saturated carbocycles. The van der Waals surface area contributed by atoms with Gasteiger partial charge in [-0.25, -0.2) is 13.6 Å². The van der Waals surface area contributed by atoms with Crippen LogP contribution >= 0.6 is 0 Å². The van der Waals surface area contributed by atoms with Gasteiger partial charge in [0.1, 0.15) is 11.9 Å². The number of aromatic nitrogens is 1. The summed E-state index contributed by atoms with van der Waals surface area (Å²) in [6.07, 6.45) is 0.894. The van der Waals surface area contributed by atoms with Crippen molar-refractivity contribution >= 4 is 12.1 Å². The van der Waals surface area contributed by atoms with Crippen LogP contribution in [0.25, 0.3) is 22.5 Å². The van der Waals surface area contributed by atoms with E-state index in [9.17, 15) is 18.8 Å². The van der Waals surface area contributed by atoms with Gasteiger partial charge >= 0.3 is 6.16 Å². The quantitative estimate of drug-likeness (QED) is 0.338. The molecule has 1 amide bonds. The minimum absolute atomic E-state index is 0.00348. The average molecular weight is 561 g/mol. The number of hydrogen-bond donors (Lipinski definition) is 0. The molecule has 2 aromatic carbocycles. The van der Waals surface area contributed by atoms with Crippen molar-refractivity contribution in [1.82, 2.24) is 9.58 Å². The summed E-state index contributed by atoms with van der Waals surface area (Å²) in [4.78, 5) is 40.4. The summed E-state index contributed by atoms with van der Waals surface area (Å²) in [5.41, 5.74) is 1.11. The fourth-order valence-electron chi connectivity index (χ4n) is 5.92. The third-order valence-electron chi connectivity index (χ3n) is 7.63. The van der Waals surface area contributed by atoms with Gasteiger partial charge in [0.2, 0.25) is 11.2 Å². The zero-order valence-electron chi connectivity index (χ0n) is 21.5. The second kappa shape index (κ2) is 9.30. The van der Waals surface area contributed by atoms with Gasteiger partial charge in [0.05, 0.1) is 32.6 Å². The highest BCUT2D eigenvalue weighted by atomic mass is 19.2. The summed E-state index contributed by atoms with van der Waals surface area (Å²) in [7, 11) is 1.08. The number of fused-ring (bicyclic) bond motifs is 7. The van der Waals surface area contributed by atoms with Gasteiger partial charge in [-0.3, -0.25) is 19.3 Å². The largest absolute Gasteiger partial charge is 0.513 e. The molecule has 0 N–H and O–H groups in total. The molecule has 2 atom stereocenters. The Hall–Kier alpha value is -4.97. The van der Waals surface area contributed by atoms with Crippen LogP contribution in [0.15, 0.2) is 70.2 Å². The van der Waals surface area contributed by atoms with Gasteiger partial charge in [0, 0.05) is 35.5 Å². The number of furan rings is 1. The minimum atomic E-state index is -1.17. The number of carbonyl (C=O) groups is 2. The molecular formula is C29H21F2N3O7. The number of benzene rings is 2. The first-order valence-corrected chi connectivity index (χ1v) is 12.7. The molecule has 1 fully saturated rings. The second-order valence-electron chi connectivity index (χ2n) is 9.67. The molecule has 0 radical (unpaired) electrons. The molecule has 208 valence electrons. The Morgan fingerprint density at radius 1 is 1.02 bits per heavy atom. The van der Waals surface area contributed by atoms with Crippen LogP contribution in [0.5, 0.6) is 5.75 Å². The van der Waals surface area contributed by atoms with Crippen molar-refractivity contribution in [3.8, 4) is 28.2 Å². The molecule has 0 bridgehead atoms. The first-order chi connectivity index (χ1) is 19.9. The molecule has 1 saturated heterocycles. The van der Waals surface area contributed by atoms with Crippen molar-refractivity contribution in [2.45, 2.75) is 12.2 Å². The van der Waals surface area contributed by atoms with Crippen LogP contribution in [0.4, 0.5) is 13.6 Å². The number of amides is 1. The van der Waals surface area contributed by atoms with Crippen molar-refractivity contribution in [2.75, 3.05) is 31.9 Å². The van der Waals surface area contributed by atoms with Crippen LogP contribution in [0, 0.1) is 11.6 Å². The molecule has 7 rings (SSSR count). The van der Waals surface area contributed by atoms with Gasteiger partial charge in [-0.05, 0) is 23.3 Å². The van der Waals surface area contributed by atoms with Crippen LogP contribution in [0.1, 0.15) is 27.7 Å². The number of carbonyl (C=O) groups excluding carboxylic acids is 2. The van der Waals surface area contributed by atoms with E-state index < -0.39 is 47.1 Å². The van der Waals surface area contributed by atoms with Crippen molar-refractivity contribution in [3.63, 3.8) is 0 Å². The topological polar surface area (TPSA) is 103 Å². The lowest BCUT2D eigenvalue weighted by Gasteiger charge is -2.51. The van der Waals surface area contributed by atoms with Gasteiger partial charge in [-0.15, -0.1) is 0 Å². The summed E-state index contributed by atoms with van der Waals surface area (Å²) in [5.74, 6) is -2.81. The molecule has 4 heterocycles. The molecule has 0 spiro atoms. The summed E-state index contributed by atoms with van der Waals surface area (Å²) in [5, 5.41) is 1.75. The van der Waals surface area contributed by atoms with E-state index in [2.05, 4.69) is 4.74 Å². The monoisotopic (exact) mass is 561 g/mol. The predicted octanol–water partition coefficient (Wildman–Crippen LogP) is 4.05.